The highest BCUT2D eigenvalue weighted by Gasteiger charge is 2.38. The van der Waals surface area contributed by atoms with Crippen molar-refractivity contribution in [3.63, 3.8) is 0 Å². The Kier molecular flexibility index (Phi) is 4.14. The zero-order valence-electron chi connectivity index (χ0n) is 11.9. The minimum absolute atomic E-state index is 0.318. The van der Waals surface area contributed by atoms with Crippen molar-refractivity contribution in [2.45, 2.75) is 5.60 Å². The van der Waals surface area contributed by atoms with Gasteiger partial charge in [0.2, 0.25) is 0 Å². The third-order valence-electron chi connectivity index (χ3n) is 3.35. The lowest BCUT2D eigenvalue weighted by atomic mass is 9.85. The van der Waals surface area contributed by atoms with Crippen molar-refractivity contribution < 1.29 is 19.4 Å². The number of carbonyl (C=O) groups is 1. The van der Waals surface area contributed by atoms with Gasteiger partial charge >= 0.3 is 0 Å². The van der Waals surface area contributed by atoms with Crippen LogP contribution in [0.3, 0.4) is 0 Å². The minimum atomic E-state index is -1.93. The highest BCUT2D eigenvalue weighted by molar-refractivity contribution is 5.88. The molecule has 110 valence electrons. The highest BCUT2D eigenvalue weighted by Crippen LogP contribution is 2.35. The second kappa shape index (κ2) is 5.85. The van der Waals surface area contributed by atoms with Gasteiger partial charge in [-0.05, 0) is 17.7 Å². The zero-order chi connectivity index (χ0) is 15.5. The molecular weight excluding hydrogens is 270 g/mol. The number of rotatable bonds is 5. The van der Waals surface area contributed by atoms with E-state index in [9.17, 15) is 9.90 Å². The fraction of sp³-hybridized carbons (Fsp3) is 0.188. The van der Waals surface area contributed by atoms with Crippen LogP contribution in [0.15, 0.2) is 48.5 Å². The number of hydrogen-bond donors (Lipinski definition) is 2. The monoisotopic (exact) mass is 287 g/mol. The Morgan fingerprint density at radius 3 is 2.14 bits per heavy atom. The van der Waals surface area contributed by atoms with Gasteiger partial charge in [-0.15, -0.1) is 0 Å². The summed E-state index contributed by atoms with van der Waals surface area (Å²) < 4.78 is 10.3. The largest absolute Gasteiger partial charge is 0.493 e. The van der Waals surface area contributed by atoms with Crippen molar-refractivity contribution >= 4 is 5.91 Å². The molecule has 2 rings (SSSR count). The van der Waals surface area contributed by atoms with Crippen molar-refractivity contribution in [1.82, 2.24) is 0 Å². The van der Waals surface area contributed by atoms with Gasteiger partial charge < -0.3 is 20.3 Å². The predicted molar refractivity (Wildman–Crippen MR) is 78.2 cm³/mol. The molecule has 0 spiro atoms. The first-order valence-electron chi connectivity index (χ1n) is 6.34. The molecule has 5 nitrogen and oxygen atoms in total. The molecule has 0 saturated heterocycles. The van der Waals surface area contributed by atoms with E-state index < -0.39 is 11.5 Å². The summed E-state index contributed by atoms with van der Waals surface area (Å²) in [5.41, 5.74) is 4.22. The van der Waals surface area contributed by atoms with E-state index in [2.05, 4.69) is 0 Å². The minimum Gasteiger partial charge on any atom is -0.493 e. The van der Waals surface area contributed by atoms with Gasteiger partial charge in [0, 0.05) is 5.56 Å². The van der Waals surface area contributed by atoms with Crippen LogP contribution in [0.1, 0.15) is 11.1 Å². The first kappa shape index (κ1) is 14.9. The molecule has 0 bridgehead atoms. The van der Waals surface area contributed by atoms with Gasteiger partial charge in [-0.2, -0.15) is 0 Å². The maximum Gasteiger partial charge on any atom is 0.258 e. The number of methoxy groups -OCH3 is 2. The van der Waals surface area contributed by atoms with Gasteiger partial charge in [0.1, 0.15) is 0 Å². The van der Waals surface area contributed by atoms with Gasteiger partial charge in [0.05, 0.1) is 14.2 Å². The van der Waals surface area contributed by atoms with Gasteiger partial charge in [-0.25, -0.2) is 0 Å². The second-order valence-electron chi connectivity index (χ2n) is 4.51. The molecule has 0 aromatic heterocycles. The van der Waals surface area contributed by atoms with Gasteiger partial charge in [-0.3, -0.25) is 4.79 Å². The SMILES string of the molecule is COc1ccc(C(O)(C(N)=O)c2ccccc2)cc1OC. The molecule has 0 radical (unpaired) electrons. The number of amides is 1. The van der Waals surface area contributed by atoms with Crippen molar-refractivity contribution in [2.24, 2.45) is 5.73 Å². The molecule has 1 unspecified atom stereocenters. The summed E-state index contributed by atoms with van der Waals surface area (Å²) in [4.78, 5) is 11.9. The Morgan fingerprint density at radius 1 is 1.00 bits per heavy atom. The molecule has 3 N–H and O–H groups in total. The molecule has 0 aliphatic rings. The van der Waals surface area contributed by atoms with E-state index in [4.69, 9.17) is 15.2 Å². The van der Waals surface area contributed by atoms with E-state index in [0.717, 1.165) is 0 Å². The van der Waals surface area contributed by atoms with Crippen LogP contribution in [0, 0.1) is 0 Å². The number of benzene rings is 2. The van der Waals surface area contributed by atoms with E-state index >= 15 is 0 Å². The average molecular weight is 287 g/mol. The third-order valence-corrected chi connectivity index (χ3v) is 3.35. The molecule has 0 saturated carbocycles. The summed E-state index contributed by atoms with van der Waals surface area (Å²) in [5.74, 6) is 0.0488. The van der Waals surface area contributed by atoms with Gasteiger partial charge in [0.15, 0.2) is 17.1 Å². The molecule has 1 amide bonds. The van der Waals surface area contributed by atoms with Crippen LogP contribution in [0.2, 0.25) is 0 Å². The number of carbonyl (C=O) groups excluding carboxylic acids is 1. The zero-order valence-corrected chi connectivity index (χ0v) is 11.9. The average Bonchev–Trinajstić information content (AvgIpc) is 2.53. The molecule has 2 aromatic rings. The molecule has 5 heteroatoms. The Balaban J connectivity index is 2.61. The van der Waals surface area contributed by atoms with E-state index in [0.29, 0.717) is 22.6 Å². The van der Waals surface area contributed by atoms with E-state index in [1.165, 1.54) is 20.3 Å². The number of primary amides is 1. The van der Waals surface area contributed by atoms with Crippen molar-refractivity contribution in [3.05, 3.63) is 59.7 Å². The molecule has 0 aliphatic heterocycles. The van der Waals surface area contributed by atoms with Crippen LogP contribution in [0.25, 0.3) is 0 Å². The Morgan fingerprint density at radius 2 is 1.62 bits per heavy atom. The fourth-order valence-electron chi connectivity index (χ4n) is 2.19. The molecule has 21 heavy (non-hydrogen) atoms. The summed E-state index contributed by atoms with van der Waals surface area (Å²) in [6.07, 6.45) is 0. The van der Waals surface area contributed by atoms with Crippen LogP contribution < -0.4 is 15.2 Å². The van der Waals surface area contributed by atoms with Crippen LogP contribution in [0.4, 0.5) is 0 Å². The van der Waals surface area contributed by atoms with E-state index in [1.807, 2.05) is 0 Å². The highest BCUT2D eigenvalue weighted by atomic mass is 16.5. The standard InChI is InChI=1S/C16H17NO4/c1-20-13-9-8-12(10-14(13)21-2)16(19,15(17)18)11-6-4-3-5-7-11/h3-10,19H,1-2H3,(H2,17,18). The lowest BCUT2D eigenvalue weighted by Crippen LogP contribution is -2.42. The first-order valence-corrected chi connectivity index (χ1v) is 6.34. The Hall–Kier alpha value is -2.53. The van der Waals surface area contributed by atoms with Gasteiger partial charge in [-0.1, -0.05) is 36.4 Å². The van der Waals surface area contributed by atoms with Crippen LogP contribution in [-0.4, -0.2) is 25.2 Å². The lowest BCUT2D eigenvalue weighted by molar-refractivity contribution is -0.133. The maximum absolute atomic E-state index is 11.9. The topological polar surface area (TPSA) is 81.8 Å². The lowest BCUT2D eigenvalue weighted by Gasteiger charge is -2.26. The predicted octanol–water partition coefficient (Wildman–Crippen LogP) is 1.42. The first-order chi connectivity index (χ1) is 10.0. The Labute approximate surface area is 122 Å². The fourth-order valence-corrected chi connectivity index (χ4v) is 2.19. The molecule has 0 aliphatic carbocycles. The summed E-state index contributed by atoms with van der Waals surface area (Å²) >= 11 is 0. The normalized spacial score (nSPS) is 13.3. The smallest absolute Gasteiger partial charge is 0.258 e. The maximum atomic E-state index is 11.9. The van der Waals surface area contributed by atoms with Crippen LogP contribution in [0.5, 0.6) is 11.5 Å². The second-order valence-corrected chi connectivity index (χ2v) is 4.51. The molecule has 0 fully saturated rings. The molecule has 1 atom stereocenters. The van der Waals surface area contributed by atoms with Crippen LogP contribution >= 0.6 is 0 Å². The van der Waals surface area contributed by atoms with Gasteiger partial charge in [0.25, 0.3) is 5.91 Å². The number of ether oxygens (including phenoxy) is 2. The number of hydrogen-bond acceptors (Lipinski definition) is 4. The quantitative estimate of drug-likeness (QED) is 0.871. The van der Waals surface area contributed by atoms with Crippen molar-refractivity contribution in [3.8, 4) is 11.5 Å². The molecular formula is C16H17NO4. The summed E-state index contributed by atoms with van der Waals surface area (Å²) in [6, 6.07) is 13.3. The number of aliphatic hydroxyl groups is 1. The molecule has 0 heterocycles. The Bertz CT molecular complexity index is 642. The third kappa shape index (κ3) is 2.55. The number of nitrogens with two attached hydrogens (primary N) is 1. The summed E-state index contributed by atoms with van der Waals surface area (Å²) in [7, 11) is 2.99. The van der Waals surface area contributed by atoms with Crippen molar-refractivity contribution in [2.75, 3.05) is 14.2 Å². The van der Waals surface area contributed by atoms with E-state index in [-0.39, 0.29) is 0 Å². The summed E-state index contributed by atoms with van der Waals surface area (Å²) in [5, 5.41) is 10.8. The van der Waals surface area contributed by atoms with Crippen molar-refractivity contribution in [1.29, 1.82) is 0 Å². The summed E-state index contributed by atoms with van der Waals surface area (Å²) in [6.45, 7) is 0. The van der Waals surface area contributed by atoms with E-state index in [1.54, 1.807) is 42.5 Å². The van der Waals surface area contributed by atoms with Crippen LogP contribution in [-0.2, 0) is 10.4 Å². The molecule has 2 aromatic carbocycles.